The van der Waals surface area contributed by atoms with Gasteiger partial charge in [0.05, 0.1) is 0 Å². The third-order valence-corrected chi connectivity index (χ3v) is 4.02. The van der Waals surface area contributed by atoms with Crippen LogP contribution >= 0.6 is 11.3 Å². The van der Waals surface area contributed by atoms with Gasteiger partial charge in [-0.15, -0.1) is 11.3 Å². The molecular weight excluding hydrogens is 282 g/mol. The Hall–Kier alpha value is -1.36. The molecule has 0 saturated heterocycles. The standard InChI is InChI=1S/C17H23NO2S/c1-2-10-18(13-17-9-6-11-21-17)12-15(19)14-20-16-7-4-3-5-8-16/h3-9,11,15,19H,2,10,12-14H2,1H3. The third-order valence-electron chi connectivity index (χ3n) is 3.15. The van der Waals surface area contributed by atoms with Gasteiger partial charge in [-0.25, -0.2) is 0 Å². The maximum absolute atomic E-state index is 10.2. The Morgan fingerprint density at radius 2 is 2.00 bits per heavy atom. The molecule has 0 aliphatic carbocycles. The summed E-state index contributed by atoms with van der Waals surface area (Å²) in [5, 5.41) is 12.3. The highest BCUT2D eigenvalue weighted by molar-refractivity contribution is 7.09. The number of benzene rings is 1. The zero-order valence-electron chi connectivity index (χ0n) is 12.4. The van der Waals surface area contributed by atoms with Crippen LogP contribution in [0.2, 0.25) is 0 Å². The summed E-state index contributed by atoms with van der Waals surface area (Å²) in [5.41, 5.74) is 0. The summed E-state index contributed by atoms with van der Waals surface area (Å²) in [6.45, 7) is 5.01. The number of para-hydroxylation sites is 1. The van der Waals surface area contributed by atoms with Crippen molar-refractivity contribution in [2.24, 2.45) is 0 Å². The van der Waals surface area contributed by atoms with Crippen LogP contribution in [-0.4, -0.2) is 35.8 Å². The average molecular weight is 305 g/mol. The highest BCUT2D eigenvalue weighted by Crippen LogP contribution is 2.13. The van der Waals surface area contributed by atoms with Crippen molar-refractivity contribution in [3.8, 4) is 5.75 Å². The van der Waals surface area contributed by atoms with E-state index in [1.165, 1.54) is 4.88 Å². The summed E-state index contributed by atoms with van der Waals surface area (Å²) in [6, 6.07) is 13.8. The highest BCUT2D eigenvalue weighted by atomic mass is 32.1. The molecule has 0 aliphatic heterocycles. The van der Waals surface area contributed by atoms with Gasteiger partial charge in [0.1, 0.15) is 18.5 Å². The first-order valence-electron chi connectivity index (χ1n) is 7.38. The van der Waals surface area contributed by atoms with Gasteiger partial charge in [0.2, 0.25) is 0 Å². The van der Waals surface area contributed by atoms with Crippen LogP contribution < -0.4 is 4.74 Å². The Morgan fingerprint density at radius 1 is 1.19 bits per heavy atom. The number of hydrogen-bond acceptors (Lipinski definition) is 4. The number of aliphatic hydroxyl groups is 1. The zero-order chi connectivity index (χ0) is 14.9. The Labute approximate surface area is 130 Å². The first-order chi connectivity index (χ1) is 10.3. The lowest BCUT2D eigenvalue weighted by atomic mass is 10.3. The van der Waals surface area contributed by atoms with E-state index in [2.05, 4.69) is 29.3 Å². The summed E-state index contributed by atoms with van der Waals surface area (Å²) in [7, 11) is 0. The summed E-state index contributed by atoms with van der Waals surface area (Å²) in [5.74, 6) is 0.803. The molecular formula is C17H23NO2S. The van der Waals surface area contributed by atoms with E-state index < -0.39 is 6.10 Å². The van der Waals surface area contributed by atoms with E-state index in [0.29, 0.717) is 13.2 Å². The maximum Gasteiger partial charge on any atom is 0.119 e. The molecule has 3 nitrogen and oxygen atoms in total. The molecule has 21 heavy (non-hydrogen) atoms. The van der Waals surface area contributed by atoms with Crippen molar-refractivity contribution in [2.75, 3.05) is 19.7 Å². The Balaban J connectivity index is 1.79. The molecule has 2 rings (SSSR count). The molecule has 114 valence electrons. The van der Waals surface area contributed by atoms with Gasteiger partial charge >= 0.3 is 0 Å². The molecule has 1 aromatic heterocycles. The number of rotatable bonds is 9. The molecule has 1 N–H and O–H groups in total. The summed E-state index contributed by atoms with van der Waals surface area (Å²) in [4.78, 5) is 3.62. The molecule has 1 atom stereocenters. The van der Waals surface area contributed by atoms with E-state index in [9.17, 15) is 5.11 Å². The lowest BCUT2D eigenvalue weighted by Gasteiger charge is -2.24. The van der Waals surface area contributed by atoms with Gasteiger partial charge in [-0.2, -0.15) is 0 Å². The third kappa shape index (κ3) is 5.87. The molecule has 2 aromatic rings. The SMILES string of the molecule is CCCN(Cc1cccs1)CC(O)COc1ccccc1. The maximum atomic E-state index is 10.2. The molecule has 1 heterocycles. The lowest BCUT2D eigenvalue weighted by Crippen LogP contribution is -2.35. The van der Waals surface area contributed by atoms with Crippen molar-refractivity contribution in [1.29, 1.82) is 0 Å². The van der Waals surface area contributed by atoms with Crippen LogP contribution in [0.15, 0.2) is 47.8 Å². The van der Waals surface area contributed by atoms with Gasteiger partial charge in [-0.1, -0.05) is 31.2 Å². The molecule has 0 radical (unpaired) electrons. The van der Waals surface area contributed by atoms with Crippen LogP contribution in [0.1, 0.15) is 18.2 Å². The molecule has 0 saturated carbocycles. The van der Waals surface area contributed by atoms with E-state index >= 15 is 0 Å². The summed E-state index contributed by atoms with van der Waals surface area (Å²) >= 11 is 1.76. The van der Waals surface area contributed by atoms with E-state index in [-0.39, 0.29) is 0 Å². The van der Waals surface area contributed by atoms with Gasteiger partial charge < -0.3 is 9.84 Å². The Morgan fingerprint density at radius 3 is 2.67 bits per heavy atom. The van der Waals surface area contributed by atoms with Crippen LogP contribution in [0.4, 0.5) is 0 Å². The van der Waals surface area contributed by atoms with E-state index in [1.807, 2.05) is 30.3 Å². The number of nitrogens with zero attached hydrogens (tertiary/aromatic N) is 1. The topological polar surface area (TPSA) is 32.7 Å². The second kappa shape index (κ2) is 8.82. The fourth-order valence-corrected chi connectivity index (χ4v) is 2.98. The molecule has 0 aliphatic rings. The second-order valence-corrected chi connectivity index (χ2v) is 6.12. The summed E-state index contributed by atoms with van der Waals surface area (Å²) < 4.78 is 5.61. The van der Waals surface area contributed by atoms with Gasteiger partial charge in [-0.05, 0) is 36.5 Å². The van der Waals surface area contributed by atoms with Gasteiger partial charge in [-0.3, -0.25) is 4.90 Å². The van der Waals surface area contributed by atoms with Gasteiger partial charge in [0, 0.05) is 18.0 Å². The quantitative estimate of drug-likeness (QED) is 0.771. The Kier molecular flexibility index (Phi) is 6.73. The number of hydrogen-bond donors (Lipinski definition) is 1. The van der Waals surface area contributed by atoms with Crippen molar-refractivity contribution < 1.29 is 9.84 Å². The molecule has 0 fully saturated rings. The van der Waals surface area contributed by atoms with Gasteiger partial charge in [0.15, 0.2) is 0 Å². The number of ether oxygens (including phenoxy) is 1. The Bertz CT molecular complexity index is 487. The van der Waals surface area contributed by atoms with E-state index in [0.717, 1.165) is 25.3 Å². The van der Waals surface area contributed by atoms with E-state index in [4.69, 9.17) is 4.74 Å². The van der Waals surface area contributed by atoms with Crippen LogP contribution in [0.25, 0.3) is 0 Å². The molecule has 4 heteroatoms. The van der Waals surface area contributed by atoms with E-state index in [1.54, 1.807) is 11.3 Å². The van der Waals surface area contributed by atoms with Crippen LogP contribution in [0.3, 0.4) is 0 Å². The monoisotopic (exact) mass is 305 g/mol. The molecule has 1 unspecified atom stereocenters. The first kappa shape index (κ1) is 16.0. The lowest BCUT2D eigenvalue weighted by molar-refractivity contribution is 0.0659. The smallest absolute Gasteiger partial charge is 0.119 e. The van der Waals surface area contributed by atoms with Crippen LogP contribution in [0, 0.1) is 0 Å². The molecule has 1 aromatic carbocycles. The largest absolute Gasteiger partial charge is 0.491 e. The number of aliphatic hydroxyl groups excluding tert-OH is 1. The molecule has 0 bridgehead atoms. The minimum Gasteiger partial charge on any atom is -0.491 e. The summed E-state index contributed by atoms with van der Waals surface area (Å²) in [6.07, 6.45) is 0.606. The highest BCUT2D eigenvalue weighted by Gasteiger charge is 2.13. The number of thiophene rings is 1. The normalized spacial score (nSPS) is 12.5. The van der Waals surface area contributed by atoms with Crippen molar-refractivity contribution in [2.45, 2.75) is 26.0 Å². The predicted octanol–water partition coefficient (Wildman–Crippen LogP) is 3.40. The van der Waals surface area contributed by atoms with Crippen molar-refractivity contribution in [3.05, 3.63) is 52.7 Å². The fraction of sp³-hybridized carbons (Fsp3) is 0.412. The van der Waals surface area contributed by atoms with Crippen molar-refractivity contribution in [1.82, 2.24) is 4.90 Å². The van der Waals surface area contributed by atoms with Gasteiger partial charge in [0.25, 0.3) is 0 Å². The minimum absolute atomic E-state index is 0.328. The van der Waals surface area contributed by atoms with Crippen LogP contribution in [-0.2, 0) is 6.54 Å². The predicted molar refractivity (Wildman–Crippen MR) is 87.8 cm³/mol. The zero-order valence-corrected chi connectivity index (χ0v) is 13.3. The molecule has 0 amide bonds. The average Bonchev–Trinajstić information content (AvgIpc) is 2.99. The first-order valence-corrected chi connectivity index (χ1v) is 8.26. The van der Waals surface area contributed by atoms with Crippen molar-refractivity contribution in [3.63, 3.8) is 0 Å². The molecule has 0 spiro atoms. The fourth-order valence-electron chi connectivity index (χ4n) is 2.23. The second-order valence-electron chi connectivity index (χ2n) is 5.09. The minimum atomic E-state index is -0.475. The van der Waals surface area contributed by atoms with Crippen LogP contribution in [0.5, 0.6) is 5.75 Å². The van der Waals surface area contributed by atoms with Crippen molar-refractivity contribution >= 4 is 11.3 Å².